The molecule has 1 aromatic rings. The van der Waals surface area contributed by atoms with Crippen molar-refractivity contribution in [2.45, 2.75) is 13.0 Å². The van der Waals surface area contributed by atoms with Gasteiger partial charge in [0.05, 0.1) is 25.0 Å². The summed E-state index contributed by atoms with van der Waals surface area (Å²) in [6.07, 6.45) is 2.26. The standard InChI is InChI=1S/C9H15ClN4O2/c10-8-7(12-3-1-2-11)6-13-14(4-5-15)9(8)16/h6,12,15H,1-5,11H2. The minimum Gasteiger partial charge on any atom is -0.394 e. The molecule has 0 aromatic carbocycles. The molecular formula is C9H15ClN4O2. The van der Waals surface area contributed by atoms with Gasteiger partial charge in [0.15, 0.2) is 0 Å². The first-order valence-electron chi connectivity index (χ1n) is 5.01. The molecule has 0 radical (unpaired) electrons. The summed E-state index contributed by atoms with van der Waals surface area (Å²) in [4.78, 5) is 11.6. The summed E-state index contributed by atoms with van der Waals surface area (Å²) in [5.41, 5.74) is 5.43. The Bertz CT molecular complexity index is 394. The monoisotopic (exact) mass is 246 g/mol. The quantitative estimate of drug-likeness (QED) is 0.597. The highest BCUT2D eigenvalue weighted by molar-refractivity contribution is 6.32. The van der Waals surface area contributed by atoms with Gasteiger partial charge < -0.3 is 16.2 Å². The van der Waals surface area contributed by atoms with Crippen LogP contribution in [0.1, 0.15) is 6.42 Å². The van der Waals surface area contributed by atoms with Crippen LogP contribution in [0.4, 0.5) is 5.69 Å². The van der Waals surface area contributed by atoms with Gasteiger partial charge in [-0.1, -0.05) is 11.6 Å². The average molecular weight is 247 g/mol. The minimum absolute atomic E-state index is 0.0838. The molecule has 0 saturated heterocycles. The van der Waals surface area contributed by atoms with E-state index in [1.165, 1.54) is 6.20 Å². The molecule has 0 spiro atoms. The second kappa shape index (κ2) is 6.47. The molecule has 0 fully saturated rings. The van der Waals surface area contributed by atoms with Crippen LogP contribution in [-0.2, 0) is 6.54 Å². The van der Waals surface area contributed by atoms with Gasteiger partial charge >= 0.3 is 0 Å². The van der Waals surface area contributed by atoms with Gasteiger partial charge in [-0.3, -0.25) is 4.79 Å². The molecule has 6 nitrogen and oxygen atoms in total. The van der Waals surface area contributed by atoms with Crippen LogP contribution in [0.2, 0.25) is 5.02 Å². The summed E-state index contributed by atoms with van der Waals surface area (Å²) < 4.78 is 1.12. The van der Waals surface area contributed by atoms with Gasteiger partial charge in [-0.2, -0.15) is 5.10 Å². The Balaban J connectivity index is 2.81. The molecule has 0 amide bonds. The van der Waals surface area contributed by atoms with Crippen molar-refractivity contribution in [3.05, 3.63) is 21.6 Å². The van der Waals surface area contributed by atoms with E-state index in [1.54, 1.807) is 0 Å². The lowest BCUT2D eigenvalue weighted by Crippen LogP contribution is -2.25. The van der Waals surface area contributed by atoms with Crippen LogP contribution in [0.3, 0.4) is 0 Å². The Kier molecular flexibility index (Phi) is 5.24. The van der Waals surface area contributed by atoms with E-state index in [-0.39, 0.29) is 18.2 Å². The largest absolute Gasteiger partial charge is 0.394 e. The number of nitrogens with two attached hydrogens (primary N) is 1. The van der Waals surface area contributed by atoms with E-state index >= 15 is 0 Å². The number of rotatable bonds is 6. The molecule has 7 heteroatoms. The Labute approximate surface area is 98.0 Å². The third-order valence-electron chi connectivity index (χ3n) is 1.99. The van der Waals surface area contributed by atoms with E-state index in [0.717, 1.165) is 11.1 Å². The predicted molar refractivity (Wildman–Crippen MR) is 62.8 cm³/mol. The maximum absolute atomic E-state index is 11.6. The van der Waals surface area contributed by atoms with Crippen molar-refractivity contribution in [1.82, 2.24) is 9.78 Å². The number of hydrogen-bond donors (Lipinski definition) is 3. The molecule has 0 aliphatic heterocycles. The van der Waals surface area contributed by atoms with Gasteiger partial charge in [0.2, 0.25) is 0 Å². The minimum atomic E-state index is -0.409. The zero-order valence-corrected chi connectivity index (χ0v) is 9.57. The highest BCUT2D eigenvalue weighted by Crippen LogP contribution is 2.14. The number of aromatic nitrogens is 2. The van der Waals surface area contributed by atoms with Crippen molar-refractivity contribution in [2.24, 2.45) is 5.73 Å². The molecule has 0 aliphatic rings. The highest BCUT2D eigenvalue weighted by atomic mass is 35.5. The summed E-state index contributed by atoms with van der Waals surface area (Å²) in [6, 6.07) is 0. The van der Waals surface area contributed by atoms with Crippen molar-refractivity contribution in [3.63, 3.8) is 0 Å². The first kappa shape index (κ1) is 13.0. The van der Waals surface area contributed by atoms with Gasteiger partial charge in [0.1, 0.15) is 5.02 Å². The summed E-state index contributed by atoms with van der Waals surface area (Å²) in [5, 5.41) is 15.6. The smallest absolute Gasteiger partial charge is 0.287 e. The maximum atomic E-state index is 11.6. The Morgan fingerprint density at radius 1 is 1.62 bits per heavy atom. The van der Waals surface area contributed by atoms with E-state index < -0.39 is 5.56 Å². The highest BCUT2D eigenvalue weighted by Gasteiger charge is 2.07. The van der Waals surface area contributed by atoms with Gasteiger partial charge in [0.25, 0.3) is 5.56 Å². The van der Waals surface area contributed by atoms with Crippen molar-refractivity contribution >= 4 is 17.3 Å². The lowest BCUT2D eigenvalue weighted by atomic mass is 10.4. The van der Waals surface area contributed by atoms with E-state index in [2.05, 4.69) is 10.4 Å². The zero-order chi connectivity index (χ0) is 12.0. The predicted octanol–water partition coefficient (Wildman–Crippen LogP) is -0.350. The summed E-state index contributed by atoms with van der Waals surface area (Å²) in [6.45, 7) is 1.20. The van der Waals surface area contributed by atoms with Crippen molar-refractivity contribution in [3.8, 4) is 0 Å². The Morgan fingerprint density at radius 3 is 3.00 bits per heavy atom. The van der Waals surface area contributed by atoms with Crippen LogP contribution in [0, 0.1) is 0 Å². The number of nitrogens with zero attached hydrogens (tertiary/aromatic N) is 2. The van der Waals surface area contributed by atoms with Gasteiger partial charge in [-0.25, -0.2) is 4.68 Å². The molecule has 1 heterocycles. The molecule has 0 unspecified atom stereocenters. The summed E-state index contributed by atoms with van der Waals surface area (Å²) in [7, 11) is 0. The van der Waals surface area contributed by atoms with E-state index in [1.807, 2.05) is 0 Å². The maximum Gasteiger partial charge on any atom is 0.287 e. The topological polar surface area (TPSA) is 93.2 Å². The molecule has 90 valence electrons. The van der Waals surface area contributed by atoms with Crippen LogP contribution in [-0.4, -0.2) is 34.6 Å². The number of hydrogen-bond acceptors (Lipinski definition) is 5. The lowest BCUT2D eigenvalue weighted by Gasteiger charge is -2.08. The van der Waals surface area contributed by atoms with Crippen LogP contribution >= 0.6 is 11.6 Å². The molecule has 1 rings (SSSR count). The number of nitrogens with one attached hydrogen (secondary N) is 1. The third kappa shape index (κ3) is 3.19. The number of aliphatic hydroxyl groups is 1. The summed E-state index contributed by atoms with van der Waals surface area (Å²) in [5.74, 6) is 0. The molecule has 0 atom stereocenters. The number of aliphatic hydroxyl groups excluding tert-OH is 1. The second-order valence-electron chi connectivity index (χ2n) is 3.19. The molecule has 0 saturated carbocycles. The van der Waals surface area contributed by atoms with E-state index in [9.17, 15) is 4.79 Å². The van der Waals surface area contributed by atoms with Gasteiger partial charge in [-0.15, -0.1) is 0 Å². The number of halogens is 1. The van der Waals surface area contributed by atoms with Crippen LogP contribution in [0.25, 0.3) is 0 Å². The van der Waals surface area contributed by atoms with Crippen LogP contribution in [0.5, 0.6) is 0 Å². The van der Waals surface area contributed by atoms with Gasteiger partial charge in [0, 0.05) is 6.54 Å². The molecule has 0 aliphatic carbocycles. The molecule has 1 aromatic heterocycles. The van der Waals surface area contributed by atoms with E-state index in [0.29, 0.717) is 18.8 Å². The van der Waals surface area contributed by atoms with Crippen molar-refractivity contribution < 1.29 is 5.11 Å². The molecule has 16 heavy (non-hydrogen) atoms. The van der Waals surface area contributed by atoms with Crippen molar-refractivity contribution in [1.29, 1.82) is 0 Å². The fraction of sp³-hybridized carbons (Fsp3) is 0.556. The second-order valence-corrected chi connectivity index (χ2v) is 3.57. The Morgan fingerprint density at radius 2 is 2.38 bits per heavy atom. The van der Waals surface area contributed by atoms with Crippen LogP contribution < -0.4 is 16.6 Å². The first-order chi connectivity index (χ1) is 7.70. The first-order valence-corrected chi connectivity index (χ1v) is 5.39. The third-order valence-corrected chi connectivity index (χ3v) is 2.36. The average Bonchev–Trinajstić information content (AvgIpc) is 2.28. The molecular weight excluding hydrogens is 232 g/mol. The van der Waals surface area contributed by atoms with E-state index in [4.69, 9.17) is 22.4 Å². The normalized spacial score (nSPS) is 10.4. The number of anilines is 1. The Hall–Kier alpha value is -1.11. The SMILES string of the molecule is NCCCNc1cnn(CCO)c(=O)c1Cl. The fourth-order valence-electron chi connectivity index (χ4n) is 1.17. The van der Waals surface area contributed by atoms with Crippen LogP contribution in [0.15, 0.2) is 11.0 Å². The summed E-state index contributed by atoms with van der Waals surface area (Å²) >= 11 is 5.86. The fourth-order valence-corrected chi connectivity index (χ4v) is 1.38. The van der Waals surface area contributed by atoms with Gasteiger partial charge in [-0.05, 0) is 13.0 Å². The molecule has 4 N–H and O–H groups in total. The molecule has 0 bridgehead atoms. The lowest BCUT2D eigenvalue weighted by molar-refractivity contribution is 0.266. The zero-order valence-electron chi connectivity index (χ0n) is 8.82. The van der Waals surface area contributed by atoms with Crippen molar-refractivity contribution in [2.75, 3.05) is 25.0 Å².